The maximum absolute atomic E-state index is 13.7. The van der Waals surface area contributed by atoms with Crippen molar-refractivity contribution in [1.82, 2.24) is 9.71 Å². The summed E-state index contributed by atoms with van der Waals surface area (Å²) in [4.78, 5) is 31.5. The van der Waals surface area contributed by atoms with Crippen LogP contribution in [-0.2, 0) is 27.8 Å². The van der Waals surface area contributed by atoms with Gasteiger partial charge in [-0.15, -0.1) is 0 Å². The topological polar surface area (TPSA) is 115 Å². The van der Waals surface area contributed by atoms with E-state index < -0.39 is 15.9 Å². The van der Waals surface area contributed by atoms with E-state index in [1.807, 2.05) is 38.1 Å². The minimum Gasteiger partial charge on any atom is -0.493 e. The number of hydrogen-bond acceptors (Lipinski definition) is 7. The molecule has 5 rings (SSSR count). The fourth-order valence-electron chi connectivity index (χ4n) is 4.71. The van der Waals surface area contributed by atoms with Crippen molar-refractivity contribution in [3.8, 4) is 11.5 Å². The van der Waals surface area contributed by atoms with Gasteiger partial charge in [-0.3, -0.25) is 14.6 Å². The second-order valence-electron chi connectivity index (χ2n) is 8.88. The molecule has 0 saturated carbocycles. The summed E-state index contributed by atoms with van der Waals surface area (Å²) in [6.45, 7) is 4.95. The number of carbonyl (C=O) groups excluding carboxylic acids is 2. The van der Waals surface area contributed by atoms with Gasteiger partial charge in [-0.05, 0) is 43.7 Å². The molecule has 3 aromatic carbocycles. The molecule has 0 spiro atoms. The van der Waals surface area contributed by atoms with Crippen LogP contribution in [0.2, 0.25) is 0 Å². The predicted molar refractivity (Wildman–Crippen MR) is 147 cm³/mol. The molecule has 0 radical (unpaired) electrons. The number of aromatic nitrogens is 1. The van der Waals surface area contributed by atoms with Crippen molar-refractivity contribution in [2.24, 2.45) is 0 Å². The Bertz CT molecular complexity index is 1650. The van der Waals surface area contributed by atoms with Gasteiger partial charge >= 0.3 is 0 Å². The minimum absolute atomic E-state index is 0.0914. The number of carbonyl (C=O) groups is 2. The Morgan fingerprint density at radius 3 is 2.26 bits per heavy atom. The molecule has 0 bridgehead atoms. The number of benzene rings is 3. The van der Waals surface area contributed by atoms with E-state index in [1.165, 1.54) is 24.5 Å². The summed E-state index contributed by atoms with van der Waals surface area (Å²) in [5, 5.41) is 1.71. The number of amides is 2. The maximum atomic E-state index is 13.7. The molecule has 1 N–H and O–H groups in total. The molecule has 10 heteroatoms. The van der Waals surface area contributed by atoms with Crippen LogP contribution in [0.4, 0.5) is 5.69 Å². The first-order valence-electron chi connectivity index (χ1n) is 12.5. The maximum Gasteiger partial charge on any atom is 0.265 e. The second-order valence-corrected chi connectivity index (χ2v) is 10.6. The van der Waals surface area contributed by atoms with Crippen molar-refractivity contribution in [2.45, 2.75) is 31.7 Å². The highest BCUT2D eigenvalue weighted by Gasteiger charge is 2.36. The number of nitrogens with one attached hydrogen (secondary N) is 1. The normalized spacial score (nSPS) is 12.9. The quantitative estimate of drug-likeness (QED) is 0.335. The number of pyridine rings is 1. The lowest BCUT2D eigenvalue weighted by Gasteiger charge is -2.16. The molecule has 2 amide bonds. The number of rotatable bonds is 9. The molecule has 200 valence electrons. The summed E-state index contributed by atoms with van der Waals surface area (Å²) in [5.74, 6) is 0.339. The zero-order chi connectivity index (χ0) is 27.6. The molecule has 0 aliphatic carbocycles. The average Bonchev–Trinajstić information content (AvgIpc) is 3.28. The van der Waals surface area contributed by atoms with Gasteiger partial charge in [-0.2, -0.15) is 0 Å². The van der Waals surface area contributed by atoms with Gasteiger partial charge in [0.1, 0.15) is 16.4 Å². The van der Waals surface area contributed by atoms with E-state index in [2.05, 4.69) is 9.71 Å². The van der Waals surface area contributed by atoms with E-state index in [4.69, 9.17) is 9.47 Å². The Morgan fingerprint density at radius 1 is 0.949 bits per heavy atom. The molecule has 39 heavy (non-hydrogen) atoms. The molecular weight excluding hydrogens is 518 g/mol. The van der Waals surface area contributed by atoms with Crippen LogP contribution in [0.5, 0.6) is 11.5 Å². The Kier molecular flexibility index (Phi) is 7.21. The Balaban J connectivity index is 1.39. The monoisotopic (exact) mass is 545 g/mol. The third-order valence-electron chi connectivity index (χ3n) is 6.38. The fraction of sp³-hybridized carbons (Fsp3) is 0.207. The summed E-state index contributed by atoms with van der Waals surface area (Å²) < 4.78 is 38.9. The number of anilines is 1. The van der Waals surface area contributed by atoms with Crippen LogP contribution < -0.4 is 19.1 Å². The lowest BCUT2D eigenvalue weighted by atomic mass is 9.99. The van der Waals surface area contributed by atoms with Gasteiger partial charge in [0, 0.05) is 34.4 Å². The number of nitrogens with zero attached hydrogens (tertiary/aromatic N) is 2. The molecule has 0 fully saturated rings. The standard InChI is InChI=1S/C29H27N3O6S/c1-3-37-27-22-9-5-6-10-23(22)28(38-4-2)26-24(27)18-32(29(26)34)20-13-11-19(12-14-20)16-25(33)31-39(35,36)21-8-7-15-30-17-21/h5-15,17H,3-4,16,18H2,1-2H3,(H,31,33). The summed E-state index contributed by atoms with van der Waals surface area (Å²) in [7, 11) is -4.01. The third-order valence-corrected chi connectivity index (χ3v) is 7.74. The van der Waals surface area contributed by atoms with E-state index in [0.29, 0.717) is 48.1 Å². The Labute approximate surface area is 226 Å². The molecular formula is C29H27N3O6S. The number of sulfonamides is 1. The summed E-state index contributed by atoms with van der Waals surface area (Å²) >= 11 is 0. The first-order chi connectivity index (χ1) is 18.8. The molecule has 0 unspecified atom stereocenters. The van der Waals surface area contributed by atoms with Crippen molar-refractivity contribution in [1.29, 1.82) is 0 Å². The lowest BCUT2D eigenvalue weighted by molar-refractivity contribution is -0.118. The molecule has 0 saturated heterocycles. The van der Waals surface area contributed by atoms with Crippen molar-refractivity contribution >= 4 is 38.3 Å². The van der Waals surface area contributed by atoms with Gasteiger partial charge in [-0.1, -0.05) is 36.4 Å². The van der Waals surface area contributed by atoms with E-state index in [9.17, 15) is 18.0 Å². The van der Waals surface area contributed by atoms with Crippen LogP contribution in [0.15, 0.2) is 78.0 Å². The predicted octanol–water partition coefficient (Wildman–Crippen LogP) is 4.24. The number of ether oxygens (including phenoxy) is 2. The van der Waals surface area contributed by atoms with Gasteiger partial charge < -0.3 is 14.4 Å². The van der Waals surface area contributed by atoms with Crippen LogP contribution in [0.3, 0.4) is 0 Å². The van der Waals surface area contributed by atoms with E-state index in [-0.39, 0.29) is 17.2 Å². The smallest absolute Gasteiger partial charge is 0.265 e. The molecule has 2 heterocycles. The van der Waals surface area contributed by atoms with Crippen molar-refractivity contribution < 1.29 is 27.5 Å². The number of hydrogen-bond donors (Lipinski definition) is 1. The van der Waals surface area contributed by atoms with Crippen LogP contribution in [0.25, 0.3) is 10.8 Å². The summed E-state index contributed by atoms with van der Waals surface area (Å²) in [6.07, 6.45) is 2.47. The van der Waals surface area contributed by atoms with Gasteiger partial charge in [0.15, 0.2) is 0 Å². The zero-order valence-electron chi connectivity index (χ0n) is 21.5. The van der Waals surface area contributed by atoms with Crippen LogP contribution in [0, 0.1) is 0 Å². The Morgan fingerprint density at radius 2 is 1.62 bits per heavy atom. The SMILES string of the molecule is CCOc1c2c(c(OCC)c3ccccc13)C(=O)N(c1ccc(CC(=O)NS(=O)(=O)c3cccnc3)cc1)C2. The van der Waals surface area contributed by atoms with Crippen LogP contribution in [-0.4, -0.2) is 38.4 Å². The zero-order valence-corrected chi connectivity index (χ0v) is 22.3. The second kappa shape index (κ2) is 10.7. The van der Waals surface area contributed by atoms with Crippen LogP contribution >= 0.6 is 0 Å². The van der Waals surface area contributed by atoms with E-state index >= 15 is 0 Å². The highest BCUT2D eigenvalue weighted by Crippen LogP contribution is 2.46. The average molecular weight is 546 g/mol. The van der Waals surface area contributed by atoms with Crippen molar-refractivity contribution in [3.05, 3.63) is 89.7 Å². The molecule has 4 aromatic rings. The molecule has 1 aromatic heterocycles. The van der Waals surface area contributed by atoms with Crippen LogP contribution in [0.1, 0.15) is 35.3 Å². The summed E-state index contributed by atoms with van der Waals surface area (Å²) in [5.41, 5.74) is 2.49. The van der Waals surface area contributed by atoms with E-state index in [0.717, 1.165) is 16.3 Å². The molecule has 0 atom stereocenters. The van der Waals surface area contributed by atoms with Gasteiger partial charge in [-0.25, -0.2) is 13.1 Å². The highest BCUT2D eigenvalue weighted by atomic mass is 32.2. The van der Waals surface area contributed by atoms with Gasteiger partial charge in [0.05, 0.1) is 31.7 Å². The highest BCUT2D eigenvalue weighted by molar-refractivity contribution is 7.90. The lowest BCUT2D eigenvalue weighted by Crippen LogP contribution is -2.31. The van der Waals surface area contributed by atoms with Crippen molar-refractivity contribution in [3.63, 3.8) is 0 Å². The minimum atomic E-state index is -4.01. The largest absolute Gasteiger partial charge is 0.493 e. The summed E-state index contributed by atoms with van der Waals surface area (Å²) in [6, 6.07) is 17.4. The van der Waals surface area contributed by atoms with Crippen molar-refractivity contribution in [2.75, 3.05) is 18.1 Å². The number of fused-ring (bicyclic) bond motifs is 2. The molecule has 9 nitrogen and oxygen atoms in total. The first kappa shape index (κ1) is 26.2. The fourth-order valence-corrected chi connectivity index (χ4v) is 5.66. The molecule has 1 aliphatic rings. The Hall–Kier alpha value is -4.44. The first-order valence-corrected chi connectivity index (χ1v) is 14.0. The van der Waals surface area contributed by atoms with Gasteiger partial charge in [0.2, 0.25) is 5.91 Å². The van der Waals surface area contributed by atoms with E-state index in [1.54, 1.807) is 29.2 Å². The van der Waals surface area contributed by atoms with Gasteiger partial charge in [0.25, 0.3) is 15.9 Å². The molecule has 1 aliphatic heterocycles. The third kappa shape index (κ3) is 5.03.